The first kappa shape index (κ1) is 19.2. The molecule has 4 heteroatoms. The number of carbonyl (C=O) groups excluding carboxylic acids is 1. The number of hydrogen-bond donors (Lipinski definition) is 2. The van der Waals surface area contributed by atoms with Crippen LogP contribution in [-0.2, 0) is 22.7 Å². The quantitative estimate of drug-likeness (QED) is 0.778. The van der Waals surface area contributed by atoms with E-state index in [0.717, 1.165) is 24.1 Å². The molecule has 2 bridgehead atoms. The second-order valence-corrected chi connectivity index (χ2v) is 8.36. The molecule has 1 amide bonds. The monoisotopic (exact) mass is 378 g/mol. The molecule has 2 atom stereocenters. The van der Waals surface area contributed by atoms with Crippen molar-refractivity contribution in [2.75, 3.05) is 5.32 Å². The standard InChI is InChI=1S/C24H30N2O2/c25-23-19-7-4-8-20(23)14-21(13-19)24(27)26-22-11-9-18(10-12-22)16-28-15-17-5-2-1-3-6-17/h1-3,5-6,9-12,19-21,23H,4,7-8,13-16,25H2,(H,26,27). The van der Waals surface area contributed by atoms with Gasteiger partial charge >= 0.3 is 0 Å². The Morgan fingerprint density at radius 3 is 2.18 bits per heavy atom. The van der Waals surface area contributed by atoms with Crippen LogP contribution in [0.5, 0.6) is 0 Å². The van der Waals surface area contributed by atoms with E-state index in [4.69, 9.17) is 10.5 Å². The van der Waals surface area contributed by atoms with Gasteiger partial charge in [0, 0.05) is 17.6 Å². The summed E-state index contributed by atoms with van der Waals surface area (Å²) < 4.78 is 5.78. The third-order valence-corrected chi connectivity index (χ3v) is 6.39. The fourth-order valence-corrected chi connectivity index (χ4v) is 4.79. The largest absolute Gasteiger partial charge is 0.372 e. The SMILES string of the molecule is NC1C2CCCC1CC(C(=O)Nc1ccc(COCc3ccccc3)cc1)C2. The molecule has 2 aromatic carbocycles. The van der Waals surface area contributed by atoms with Crippen molar-refractivity contribution in [1.29, 1.82) is 0 Å². The van der Waals surface area contributed by atoms with Gasteiger partial charge in [-0.25, -0.2) is 0 Å². The molecule has 28 heavy (non-hydrogen) atoms. The van der Waals surface area contributed by atoms with Crippen LogP contribution in [0.2, 0.25) is 0 Å². The fraction of sp³-hybridized carbons (Fsp3) is 0.458. The summed E-state index contributed by atoms with van der Waals surface area (Å²) in [4.78, 5) is 12.7. The topological polar surface area (TPSA) is 64.4 Å². The molecule has 0 heterocycles. The van der Waals surface area contributed by atoms with Crippen LogP contribution in [-0.4, -0.2) is 11.9 Å². The predicted molar refractivity (Wildman–Crippen MR) is 112 cm³/mol. The van der Waals surface area contributed by atoms with Crippen LogP contribution < -0.4 is 11.1 Å². The summed E-state index contributed by atoms with van der Waals surface area (Å²) in [6, 6.07) is 18.4. The Morgan fingerprint density at radius 1 is 0.929 bits per heavy atom. The Morgan fingerprint density at radius 2 is 1.54 bits per heavy atom. The lowest BCUT2D eigenvalue weighted by Gasteiger charge is -2.43. The van der Waals surface area contributed by atoms with Gasteiger partial charge in [0.15, 0.2) is 0 Å². The highest BCUT2D eigenvalue weighted by molar-refractivity contribution is 5.92. The summed E-state index contributed by atoms with van der Waals surface area (Å²) in [7, 11) is 0. The fourth-order valence-electron chi connectivity index (χ4n) is 4.79. The average Bonchev–Trinajstić information content (AvgIpc) is 2.70. The van der Waals surface area contributed by atoms with E-state index in [0.29, 0.717) is 31.1 Å². The number of fused-ring (bicyclic) bond motifs is 2. The number of ether oxygens (including phenoxy) is 1. The molecule has 2 aliphatic carbocycles. The van der Waals surface area contributed by atoms with Gasteiger partial charge in [-0.2, -0.15) is 0 Å². The molecule has 2 aliphatic rings. The Kier molecular flexibility index (Phi) is 6.08. The Labute approximate surface area is 167 Å². The van der Waals surface area contributed by atoms with E-state index in [1.807, 2.05) is 42.5 Å². The Hall–Kier alpha value is -2.17. The van der Waals surface area contributed by atoms with Crippen molar-refractivity contribution in [1.82, 2.24) is 0 Å². The van der Waals surface area contributed by atoms with Crippen molar-refractivity contribution in [3.63, 3.8) is 0 Å². The first-order valence-electron chi connectivity index (χ1n) is 10.5. The van der Waals surface area contributed by atoms with E-state index in [9.17, 15) is 4.79 Å². The average molecular weight is 379 g/mol. The van der Waals surface area contributed by atoms with Gasteiger partial charge in [-0.15, -0.1) is 0 Å². The van der Waals surface area contributed by atoms with Crippen LogP contribution in [0.25, 0.3) is 0 Å². The summed E-state index contributed by atoms with van der Waals surface area (Å²) in [5, 5.41) is 3.10. The minimum atomic E-state index is 0.101. The number of hydrogen-bond acceptors (Lipinski definition) is 3. The lowest BCUT2D eigenvalue weighted by Crippen LogP contribution is -2.48. The first-order valence-corrected chi connectivity index (χ1v) is 10.5. The number of nitrogens with one attached hydrogen (secondary N) is 1. The predicted octanol–water partition coefficient (Wildman–Crippen LogP) is 4.50. The van der Waals surface area contributed by atoms with Crippen LogP contribution >= 0.6 is 0 Å². The number of rotatable bonds is 6. The van der Waals surface area contributed by atoms with Crippen LogP contribution in [0, 0.1) is 17.8 Å². The molecule has 4 rings (SSSR count). The van der Waals surface area contributed by atoms with Gasteiger partial charge in [-0.05, 0) is 60.8 Å². The van der Waals surface area contributed by atoms with Gasteiger partial charge in [0.25, 0.3) is 0 Å². The number of amides is 1. The van der Waals surface area contributed by atoms with Gasteiger partial charge in [-0.1, -0.05) is 48.9 Å². The lowest BCUT2D eigenvalue weighted by molar-refractivity contribution is -0.122. The molecule has 2 aromatic rings. The molecule has 148 valence electrons. The van der Waals surface area contributed by atoms with Gasteiger partial charge in [0.05, 0.1) is 13.2 Å². The molecule has 0 aliphatic heterocycles. The van der Waals surface area contributed by atoms with E-state index < -0.39 is 0 Å². The maximum absolute atomic E-state index is 12.7. The van der Waals surface area contributed by atoms with Crippen LogP contribution in [0.15, 0.2) is 54.6 Å². The zero-order chi connectivity index (χ0) is 19.3. The molecule has 0 radical (unpaired) electrons. The van der Waals surface area contributed by atoms with Crippen molar-refractivity contribution < 1.29 is 9.53 Å². The van der Waals surface area contributed by atoms with Gasteiger partial charge < -0.3 is 15.8 Å². The lowest BCUT2D eigenvalue weighted by atomic mass is 9.65. The van der Waals surface area contributed by atoms with Crippen molar-refractivity contribution in [3.05, 3.63) is 65.7 Å². The molecule has 0 saturated heterocycles. The highest BCUT2D eigenvalue weighted by Crippen LogP contribution is 2.42. The molecule has 2 unspecified atom stereocenters. The van der Waals surface area contributed by atoms with Crippen molar-refractivity contribution in [3.8, 4) is 0 Å². The normalized spacial score (nSPS) is 26.6. The molecular weight excluding hydrogens is 348 g/mol. The smallest absolute Gasteiger partial charge is 0.227 e. The number of anilines is 1. The summed E-state index contributed by atoms with van der Waals surface area (Å²) in [5.74, 6) is 1.29. The molecule has 4 nitrogen and oxygen atoms in total. The summed E-state index contributed by atoms with van der Waals surface area (Å²) in [6.45, 7) is 1.17. The molecule has 0 aromatic heterocycles. The van der Waals surface area contributed by atoms with Gasteiger partial charge in [0.1, 0.15) is 0 Å². The summed E-state index contributed by atoms with van der Waals surface area (Å²) >= 11 is 0. The summed E-state index contributed by atoms with van der Waals surface area (Å²) in [6.07, 6.45) is 5.51. The highest BCUT2D eigenvalue weighted by atomic mass is 16.5. The Bertz CT molecular complexity index is 761. The third-order valence-electron chi connectivity index (χ3n) is 6.39. The van der Waals surface area contributed by atoms with Crippen molar-refractivity contribution in [2.24, 2.45) is 23.5 Å². The maximum atomic E-state index is 12.7. The number of benzene rings is 2. The molecule has 2 fully saturated rings. The zero-order valence-electron chi connectivity index (χ0n) is 16.3. The van der Waals surface area contributed by atoms with Gasteiger partial charge in [-0.3, -0.25) is 4.79 Å². The molecule has 0 spiro atoms. The Balaban J connectivity index is 1.26. The van der Waals surface area contributed by atoms with Crippen LogP contribution in [0.4, 0.5) is 5.69 Å². The maximum Gasteiger partial charge on any atom is 0.227 e. The minimum absolute atomic E-state index is 0.101. The molecule has 3 N–H and O–H groups in total. The van der Waals surface area contributed by atoms with Crippen LogP contribution in [0.1, 0.15) is 43.2 Å². The minimum Gasteiger partial charge on any atom is -0.372 e. The van der Waals surface area contributed by atoms with Crippen LogP contribution in [0.3, 0.4) is 0 Å². The third kappa shape index (κ3) is 4.62. The zero-order valence-corrected chi connectivity index (χ0v) is 16.3. The summed E-state index contributed by atoms with van der Waals surface area (Å²) in [5.41, 5.74) is 9.48. The second kappa shape index (κ2) is 8.89. The number of carbonyl (C=O) groups is 1. The van der Waals surface area contributed by atoms with E-state index in [-0.39, 0.29) is 11.8 Å². The van der Waals surface area contributed by atoms with Crippen molar-refractivity contribution in [2.45, 2.75) is 51.4 Å². The first-order chi connectivity index (χ1) is 13.7. The highest BCUT2D eigenvalue weighted by Gasteiger charge is 2.40. The number of nitrogens with two attached hydrogens (primary N) is 1. The van der Waals surface area contributed by atoms with E-state index in [1.54, 1.807) is 0 Å². The molecular formula is C24H30N2O2. The van der Waals surface area contributed by atoms with E-state index in [1.165, 1.54) is 24.8 Å². The molecule has 2 saturated carbocycles. The van der Waals surface area contributed by atoms with Crippen molar-refractivity contribution >= 4 is 11.6 Å². The van der Waals surface area contributed by atoms with Gasteiger partial charge in [0.2, 0.25) is 5.91 Å². The van der Waals surface area contributed by atoms with E-state index >= 15 is 0 Å². The second-order valence-electron chi connectivity index (χ2n) is 8.36. The van der Waals surface area contributed by atoms with E-state index in [2.05, 4.69) is 17.4 Å².